The molecule has 0 fully saturated rings. The summed E-state index contributed by atoms with van der Waals surface area (Å²) in [5, 5.41) is 14.5. The molecule has 2 aromatic heterocycles. The number of carboxylic acids is 1. The Morgan fingerprint density at radius 3 is 2.54 bits per heavy atom. The van der Waals surface area contributed by atoms with Gasteiger partial charge in [0.2, 0.25) is 0 Å². The topological polar surface area (TPSA) is 184 Å². The Morgan fingerprint density at radius 2 is 1.91 bits per heavy atom. The second kappa shape index (κ2) is 10.4. The van der Waals surface area contributed by atoms with Crippen LogP contribution in [0.3, 0.4) is 0 Å². The number of nitrogens with one attached hydrogen (secondary N) is 2. The van der Waals surface area contributed by atoms with Gasteiger partial charge in [0.15, 0.2) is 11.5 Å². The molecule has 0 saturated carbocycles. The zero-order chi connectivity index (χ0) is 25.8. The molecule has 5 N–H and O–H groups in total. The molecule has 0 spiro atoms. The number of nitrogens with two attached hydrogens (primary N) is 1. The second-order valence-corrected chi connectivity index (χ2v) is 10.6. The summed E-state index contributed by atoms with van der Waals surface area (Å²) in [4.78, 5) is 36.7. The summed E-state index contributed by atoms with van der Waals surface area (Å²) in [6.45, 7) is 4.69. The number of carbonyl (C=O) groups excluding carboxylic acids is 1. The number of rotatable bonds is 11. The molecule has 0 aliphatic heterocycles. The van der Waals surface area contributed by atoms with E-state index in [9.17, 15) is 19.3 Å². The Balaban J connectivity index is 1.75. The number of imidazole rings is 1. The lowest BCUT2D eigenvalue weighted by Crippen LogP contribution is -2.48. The van der Waals surface area contributed by atoms with Crippen molar-refractivity contribution >= 4 is 36.3 Å². The molecule has 1 aromatic carbocycles. The predicted octanol–water partition coefficient (Wildman–Crippen LogP) is 1.86. The number of hydrogen-bond donors (Lipinski definition) is 4. The van der Waals surface area contributed by atoms with Crippen molar-refractivity contribution in [2.45, 2.75) is 39.0 Å². The van der Waals surface area contributed by atoms with Crippen LogP contribution < -0.4 is 20.6 Å². The average molecular weight is 505 g/mol. The van der Waals surface area contributed by atoms with E-state index in [4.69, 9.17) is 15.2 Å². The summed E-state index contributed by atoms with van der Waals surface area (Å²) in [5.41, 5.74) is 5.38. The maximum atomic E-state index is 13.7. The molecule has 1 amide bonds. The summed E-state index contributed by atoms with van der Waals surface area (Å²) in [6.07, 6.45) is 1.88. The number of fused-ring (bicyclic) bond motifs is 1. The Morgan fingerprint density at radius 1 is 1.23 bits per heavy atom. The van der Waals surface area contributed by atoms with Crippen molar-refractivity contribution < 1.29 is 28.7 Å². The first-order valence-electron chi connectivity index (χ1n) is 10.6. The van der Waals surface area contributed by atoms with Gasteiger partial charge in [0.05, 0.1) is 26.1 Å². The minimum atomic E-state index is -3.89. The van der Waals surface area contributed by atoms with Crippen molar-refractivity contribution in [1.29, 1.82) is 0 Å². The Kier molecular flexibility index (Phi) is 7.73. The van der Waals surface area contributed by atoms with Gasteiger partial charge in [0.25, 0.3) is 13.4 Å². The molecule has 13 nitrogen and oxygen atoms in total. The molecule has 35 heavy (non-hydrogen) atoms. The zero-order valence-corrected chi connectivity index (χ0v) is 20.7. The van der Waals surface area contributed by atoms with Crippen molar-refractivity contribution in [3.8, 4) is 5.75 Å². The Labute approximate surface area is 201 Å². The van der Waals surface area contributed by atoms with Crippen LogP contribution in [-0.2, 0) is 20.6 Å². The Hall–Kier alpha value is -3.54. The van der Waals surface area contributed by atoms with Crippen LogP contribution in [0.5, 0.6) is 5.75 Å². The SMILES string of the molecule is COc1ccc(C(=O)NP(=O)(CO[C@H](C)Cn2cnc3c(N)ncnc32)NC(C)(C)C(=O)O)cc1. The lowest BCUT2D eigenvalue weighted by Gasteiger charge is -2.29. The molecule has 1 unspecified atom stereocenters. The van der Waals surface area contributed by atoms with E-state index in [1.807, 2.05) is 0 Å². The van der Waals surface area contributed by atoms with Crippen LogP contribution in [0.15, 0.2) is 36.9 Å². The minimum absolute atomic E-state index is 0.219. The lowest BCUT2D eigenvalue weighted by molar-refractivity contribution is -0.142. The summed E-state index contributed by atoms with van der Waals surface area (Å²) in [5.74, 6) is -1.11. The van der Waals surface area contributed by atoms with Crippen LogP contribution in [0.2, 0.25) is 0 Å². The highest BCUT2D eigenvalue weighted by Gasteiger charge is 2.37. The largest absolute Gasteiger partial charge is 0.497 e. The van der Waals surface area contributed by atoms with Gasteiger partial charge in [-0.3, -0.25) is 19.2 Å². The molecule has 0 radical (unpaired) electrons. The number of carbonyl (C=O) groups is 2. The number of methoxy groups -OCH3 is 1. The fraction of sp³-hybridized carbons (Fsp3) is 0.381. The van der Waals surface area contributed by atoms with Gasteiger partial charge >= 0.3 is 5.97 Å². The van der Waals surface area contributed by atoms with Crippen LogP contribution in [-0.4, -0.2) is 61.6 Å². The number of aromatic nitrogens is 4. The van der Waals surface area contributed by atoms with Gasteiger partial charge in [-0.15, -0.1) is 0 Å². The van der Waals surface area contributed by atoms with Crippen molar-refractivity contribution in [2.75, 3.05) is 19.2 Å². The van der Waals surface area contributed by atoms with E-state index in [1.54, 1.807) is 23.6 Å². The van der Waals surface area contributed by atoms with Crippen LogP contribution >= 0.6 is 7.44 Å². The molecular formula is C21H28N7O6P. The molecule has 2 heterocycles. The van der Waals surface area contributed by atoms with Gasteiger partial charge < -0.3 is 24.9 Å². The second-order valence-electron chi connectivity index (χ2n) is 8.39. The molecule has 0 aliphatic carbocycles. The molecule has 3 rings (SSSR count). The summed E-state index contributed by atoms with van der Waals surface area (Å²) in [6, 6.07) is 6.17. The molecular weight excluding hydrogens is 477 g/mol. The fourth-order valence-electron chi connectivity index (χ4n) is 3.16. The number of benzene rings is 1. The minimum Gasteiger partial charge on any atom is -0.497 e. The smallest absolute Gasteiger partial charge is 0.323 e. The highest BCUT2D eigenvalue weighted by Crippen LogP contribution is 2.40. The van der Waals surface area contributed by atoms with E-state index in [-0.39, 0.29) is 17.9 Å². The van der Waals surface area contributed by atoms with Gasteiger partial charge in [0, 0.05) is 5.56 Å². The van der Waals surface area contributed by atoms with E-state index in [0.29, 0.717) is 16.9 Å². The van der Waals surface area contributed by atoms with Gasteiger partial charge in [-0.1, -0.05) is 0 Å². The maximum Gasteiger partial charge on any atom is 0.323 e. The normalized spacial score (nSPS) is 14.3. The third-order valence-corrected chi connectivity index (χ3v) is 7.05. The number of amides is 1. The average Bonchev–Trinajstić information content (AvgIpc) is 3.21. The van der Waals surface area contributed by atoms with E-state index in [2.05, 4.69) is 25.1 Å². The van der Waals surface area contributed by atoms with Crippen LogP contribution in [0.1, 0.15) is 31.1 Å². The maximum absolute atomic E-state index is 13.7. The monoisotopic (exact) mass is 505 g/mol. The highest BCUT2D eigenvalue weighted by molar-refractivity contribution is 7.60. The molecule has 3 aromatic rings. The van der Waals surface area contributed by atoms with Gasteiger partial charge in [-0.25, -0.2) is 20.0 Å². The van der Waals surface area contributed by atoms with E-state index in [1.165, 1.54) is 45.7 Å². The molecule has 0 bridgehead atoms. The third-order valence-electron chi connectivity index (χ3n) is 5.05. The van der Waals surface area contributed by atoms with Gasteiger partial charge in [-0.05, 0) is 45.0 Å². The van der Waals surface area contributed by atoms with Crippen molar-refractivity contribution in [3.05, 3.63) is 42.5 Å². The fourth-order valence-corrected chi connectivity index (χ4v) is 5.26. The van der Waals surface area contributed by atoms with Crippen LogP contribution in [0.25, 0.3) is 11.2 Å². The molecule has 188 valence electrons. The van der Waals surface area contributed by atoms with Gasteiger partial charge in [0.1, 0.15) is 29.5 Å². The van der Waals surface area contributed by atoms with Crippen molar-refractivity contribution in [3.63, 3.8) is 0 Å². The summed E-state index contributed by atoms with van der Waals surface area (Å²) >= 11 is 0. The standard InChI is InChI=1S/C21H28N7O6P/c1-13(9-28-11-25-16-17(22)23-10-24-18(16)28)34-12-35(32,27-21(2,3)20(30)31)26-19(29)14-5-7-15(33-4)8-6-14/h5-8,10-11,13H,9,12H2,1-4H3,(H,30,31)(H2,22,23,24)(H2,26,27,29,32)/t13-,35?/m1/s1. The quantitative estimate of drug-likeness (QED) is 0.279. The van der Waals surface area contributed by atoms with Crippen LogP contribution in [0, 0.1) is 0 Å². The van der Waals surface area contributed by atoms with E-state index in [0.717, 1.165) is 0 Å². The molecule has 0 saturated heterocycles. The summed E-state index contributed by atoms with van der Waals surface area (Å²) in [7, 11) is -2.40. The van der Waals surface area contributed by atoms with Crippen molar-refractivity contribution in [1.82, 2.24) is 29.7 Å². The number of aliphatic carboxylic acids is 1. The first-order chi connectivity index (χ1) is 16.4. The van der Waals surface area contributed by atoms with E-state index < -0.39 is 37.3 Å². The number of nitrogens with zero attached hydrogens (tertiary/aromatic N) is 4. The third kappa shape index (κ3) is 6.32. The first kappa shape index (κ1) is 26.1. The number of hydrogen-bond acceptors (Lipinski definition) is 9. The number of ether oxygens (including phenoxy) is 2. The number of anilines is 1. The summed E-state index contributed by atoms with van der Waals surface area (Å²) < 4.78 is 26.3. The van der Waals surface area contributed by atoms with Crippen molar-refractivity contribution in [2.24, 2.45) is 0 Å². The highest BCUT2D eigenvalue weighted by atomic mass is 31.2. The molecule has 2 atom stereocenters. The number of carboxylic acid groups (broad SMARTS) is 1. The molecule has 14 heteroatoms. The number of nitrogen functional groups attached to an aromatic ring is 1. The lowest BCUT2D eigenvalue weighted by atomic mass is 10.1. The van der Waals surface area contributed by atoms with Gasteiger partial charge in [-0.2, -0.15) is 0 Å². The first-order valence-corrected chi connectivity index (χ1v) is 12.4. The Bertz CT molecular complexity index is 1260. The predicted molar refractivity (Wildman–Crippen MR) is 128 cm³/mol. The van der Waals surface area contributed by atoms with Crippen LogP contribution in [0.4, 0.5) is 5.82 Å². The van der Waals surface area contributed by atoms with E-state index >= 15 is 0 Å². The molecule has 0 aliphatic rings. The zero-order valence-electron chi connectivity index (χ0n) is 19.8.